The van der Waals surface area contributed by atoms with Crippen molar-refractivity contribution in [1.29, 1.82) is 0 Å². The van der Waals surface area contributed by atoms with Gasteiger partial charge in [0.15, 0.2) is 5.82 Å². The zero-order chi connectivity index (χ0) is 18.8. The first-order valence-electron chi connectivity index (χ1n) is 8.74. The van der Waals surface area contributed by atoms with E-state index >= 15 is 0 Å². The number of hydrogen-bond acceptors (Lipinski definition) is 6. The molecule has 1 heterocycles. The highest BCUT2D eigenvalue weighted by Crippen LogP contribution is 2.16. The molecule has 2 rings (SSSR count). The van der Waals surface area contributed by atoms with Gasteiger partial charge in [-0.3, -0.25) is 4.79 Å². The van der Waals surface area contributed by atoms with Crippen LogP contribution >= 0.6 is 11.6 Å². The second-order valence-electron chi connectivity index (χ2n) is 5.73. The molecule has 0 unspecified atom stereocenters. The third-order valence-corrected chi connectivity index (χ3v) is 4.20. The molecule has 0 radical (unpaired) electrons. The van der Waals surface area contributed by atoms with Crippen LogP contribution in [0.3, 0.4) is 0 Å². The fraction of sp³-hybridized carbons (Fsp3) is 0.529. The molecule has 1 aromatic heterocycles. The summed E-state index contributed by atoms with van der Waals surface area (Å²) in [5.41, 5.74) is 0. The molecule has 8 nitrogen and oxygen atoms in total. The zero-order valence-electron chi connectivity index (χ0n) is 15.2. The van der Waals surface area contributed by atoms with Crippen LogP contribution < -0.4 is 10.1 Å². The molecule has 1 N–H and O–H groups in total. The summed E-state index contributed by atoms with van der Waals surface area (Å²) >= 11 is 5.84. The Morgan fingerprint density at radius 1 is 1.27 bits per heavy atom. The molecule has 0 bridgehead atoms. The first-order chi connectivity index (χ1) is 12.6. The molecule has 26 heavy (non-hydrogen) atoms. The third kappa shape index (κ3) is 6.61. The van der Waals surface area contributed by atoms with Gasteiger partial charge in [-0.2, -0.15) is 0 Å². The molecule has 0 fully saturated rings. The second kappa shape index (κ2) is 10.7. The zero-order valence-corrected chi connectivity index (χ0v) is 15.9. The Hall–Kier alpha value is -2.19. The Morgan fingerprint density at radius 2 is 2.00 bits per heavy atom. The fourth-order valence-corrected chi connectivity index (χ4v) is 2.52. The lowest BCUT2D eigenvalue weighted by molar-refractivity contribution is -0.121. The van der Waals surface area contributed by atoms with Crippen LogP contribution in [-0.4, -0.2) is 57.2 Å². The number of nitrogens with one attached hydrogen (secondary N) is 1. The number of aromatic nitrogens is 4. The molecule has 142 valence electrons. The van der Waals surface area contributed by atoms with Gasteiger partial charge in [-0.25, -0.2) is 4.68 Å². The van der Waals surface area contributed by atoms with E-state index in [9.17, 15) is 4.79 Å². The van der Waals surface area contributed by atoms with Crippen LogP contribution in [0, 0.1) is 0 Å². The van der Waals surface area contributed by atoms with Gasteiger partial charge in [0.25, 0.3) is 0 Å². The van der Waals surface area contributed by atoms with Crippen molar-refractivity contribution in [3.05, 3.63) is 35.1 Å². The van der Waals surface area contributed by atoms with E-state index in [-0.39, 0.29) is 19.1 Å². The number of nitrogens with zero attached hydrogens (tertiary/aromatic N) is 5. The van der Waals surface area contributed by atoms with Crippen LogP contribution in [-0.2, 0) is 17.9 Å². The van der Waals surface area contributed by atoms with E-state index in [1.54, 1.807) is 24.3 Å². The summed E-state index contributed by atoms with van der Waals surface area (Å²) in [6.45, 7) is 8.15. The monoisotopic (exact) mass is 380 g/mol. The van der Waals surface area contributed by atoms with Gasteiger partial charge in [0, 0.05) is 11.6 Å². The smallest absolute Gasteiger partial charge is 0.241 e. The van der Waals surface area contributed by atoms with Gasteiger partial charge < -0.3 is 15.0 Å². The predicted molar refractivity (Wildman–Crippen MR) is 99.0 cm³/mol. The number of tetrazole rings is 1. The van der Waals surface area contributed by atoms with Crippen molar-refractivity contribution in [3.63, 3.8) is 0 Å². The molecule has 0 spiro atoms. The maximum absolute atomic E-state index is 12.1. The van der Waals surface area contributed by atoms with Crippen molar-refractivity contribution < 1.29 is 9.53 Å². The molecule has 0 saturated heterocycles. The number of ether oxygens (including phenoxy) is 1. The van der Waals surface area contributed by atoms with Crippen molar-refractivity contribution >= 4 is 17.5 Å². The summed E-state index contributed by atoms with van der Waals surface area (Å²) in [5.74, 6) is 1.02. The molecule has 2 aromatic rings. The molecule has 1 amide bonds. The minimum Gasteiger partial charge on any atom is -0.486 e. The van der Waals surface area contributed by atoms with Gasteiger partial charge in [-0.15, -0.1) is 5.10 Å². The van der Waals surface area contributed by atoms with E-state index in [2.05, 4.69) is 39.6 Å². The highest BCUT2D eigenvalue weighted by atomic mass is 35.5. The molecule has 1 aromatic carbocycles. The van der Waals surface area contributed by atoms with Gasteiger partial charge in [-0.05, 0) is 60.7 Å². The average molecular weight is 381 g/mol. The number of hydrogen-bond donors (Lipinski definition) is 1. The topological polar surface area (TPSA) is 85.2 Å². The number of halogens is 1. The van der Waals surface area contributed by atoms with E-state index in [0.717, 1.165) is 26.1 Å². The third-order valence-electron chi connectivity index (χ3n) is 3.95. The number of carbonyl (C=O) groups excluding carboxylic acids is 1. The Labute approximate surface area is 158 Å². The van der Waals surface area contributed by atoms with Gasteiger partial charge >= 0.3 is 0 Å². The molecule has 0 aliphatic carbocycles. The van der Waals surface area contributed by atoms with E-state index in [1.165, 1.54) is 4.68 Å². The van der Waals surface area contributed by atoms with Gasteiger partial charge in [-0.1, -0.05) is 25.4 Å². The van der Waals surface area contributed by atoms with E-state index in [4.69, 9.17) is 16.3 Å². The largest absolute Gasteiger partial charge is 0.486 e. The Morgan fingerprint density at radius 3 is 2.69 bits per heavy atom. The van der Waals surface area contributed by atoms with Gasteiger partial charge in [0.1, 0.15) is 18.9 Å². The van der Waals surface area contributed by atoms with Crippen LogP contribution in [0.1, 0.15) is 26.1 Å². The molecule has 0 saturated carbocycles. The number of benzene rings is 1. The van der Waals surface area contributed by atoms with Gasteiger partial charge in [0.2, 0.25) is 5.91 Å². The highest BCUT2D eigenvalue weighted by Gasteiger charge is 2.11. The van der Waals surface area contributed by atoms with Crippen molar-refractivity contribution in [2.24, 2.45) is 0 Å². The van der Waals surface area contributed by atoms with Crippen LogP contribution in [0.4, 0.5) is 0 Å². The molecule has 9 heteroatoms. The minimum absolute atomic E-state index is 0.0670. The van der Waals surface area contributed by atoms with E-state index in [0.29, 0.717) is 23.1 Å². The first kappa shape index (κ1) is 20.1. The maximum atomic E-state index is 12.1. The fourth-order valence-electron chi connectivity index (χ4n) is 2.39. The molecule has 0 atom stereocenters. The van der Waals surface area contributed by atoms with E-state index in [1.807, 2.05) is 0 Å². The SMILES string of the molecule is CCN(CC)CCCNC(=O)Cn1nnnc1COc1ccc(Cl)cc1. The summed E-state index contributed by atoms with van der Waals surface area (Å²) in [4.78, 5) is 14.4. The predicted octanol–water partition coefficient (Wildman–Crippen LogP) is 1.75. The van der Waals surface area contributed by atoms with Crippen LogP contribution in [0.2, 0.25) is 5.02 Å². The average Bonchev–Trinajstić information content (AvgIpc) is 3.08. The molecular formula is C17H25ClN6O2. The van der Waals surface area contributed by atoms with Crippen LogP contribution in [0.15, 0.2) is 24.3 Å². The Bertz CT molecular complexity index is 672. The minimum atomic E-state index is -0.121. The standard InChI is InChI=1S/C17H25ClN6O2/c1-3-23(4-2)11-5-10-19-17(25)12-24-16(20-21-22-24)13-26-15-8-6-14(18)7-9-15/h6-9H,3-5,10-13H2,1-2H3,(H,19,25). The number of rotatable bonds is 11. The van der Waals surface area contributed by atoms with Crippen molar-refractivity contribution in [1.82, 2.24) is 30.4 Å². The second-order valence-corrected chi connectivity index (χ2v) is 6.16. The Balaban J connectivity index is 1.75. The summed E-state index contributed by atoms with van der Waals surface area (Å²) in [6, 6.07) is 7.01. The summed E-state index contributed by atoms with van der Waals surface area (Å²) in [5, 5.41) is 14.9. The van der Waals surface area contributed by atoms with Crippen molar-refractivity contribution in [2.75, 3.05) is 26.2 Å². The number of carbonyl (C=O) groups is 1. The van der Waals surface area contributed by atoms with E-state index < -0.39 is 0 Å². The lowest BCUT2D eigenvalue weighted by Crippen LogP contribution is -2.32. The molecular weight excluding hydrogens is 356 g/mol. The molecule has 0 aliphatic rings. The van der Waals surface area contributed by atoms with Crippen LogP contribution in [0.25, 0.3) is 0 Å². The summed E-state index contributed by atoms with van der Waals surface area (Å²) in [7, 11) is 0. The number of amides is 1. The van der Waals surface area contributed by atoms with Gasteiger partial charge in [0.05, 0.1) is 0 Å². The quantitative estimate of drug-likeness (QED) is 0.598. The molecule has 0 aliphatic heterocycles. The lowest BCUT2D eigenvalue weighted by atomic mass is 10.3. The highest BCUT2D eigenvalue weighted by molar-refractivity contribution is 6.30. The summed E-state index contributed by atoms with van der Waals surface area (Å²) in [6.07, 6.45) is 0.912. The maximum Gasteiger partial charge on any atom is 0.241 e. The van der Waals surface area contributed by atoms with Crippen LogP contribution in [0.5, 0.6) is 5.75 Å². The Kier molecular flexibility index (Phi) is 8.30. The van der Waals surface area contributed by atoms with Crippen molar-refractivity contribution in [3.8, 4) is 5.75 Å². The summed E-state index contributed by atoms with van der Waals surface area (Å²) < 4.78 is 7.06. The lowest BCUT2D eigenvalue weighted by Gasteiger charge is -2.17. The first-order valence-corrected chi connectivity index (χ1v) is 9.12. The normalized spacial score (nSPS) is 10.9. The van der Waals surface area contributed by atoms with Crippen molar-refractivity contribution in [2.45, 2.75) is 33.4 Å².